The number of hydrogen-bond acceptors (Lipinski definition) is 7. The molecule has 9 nitrogen and oxygen atoms in total. The van der Waals surface area contributed by atoms with Crippen LogP contribution < -0.4 is 14.4 Å². The molecule has 0 spiro atoms. The molecule has 2 fully saturated rings. The van der Waals surface area contributed by atoms with Gasteiger partial charge in [0.1, 0.15) is 17.1 Å². The number of aromatic nitrogens is 1. The van der Waals surface area contributed by atoms with Crippen molar-refractivity contribution in [3.05, 3.63) is 47.5 Å². The summed E-state index contributed by atoms with van der Waals surface area (Å²) in [6.45, 7) is -0.337. The van der Waals surface area contributed by atoms with E-state index in [-0.39, 0.29) is 10.6 Å². The smallest absolute Gasteiger partial charge is 0.346 e. The summed E-state index contributed by atoms with van der Waals surface area (Å²) < 4.78 is 41.6. The van der Waals surface area contributed by atoms with Gasteiger partial charge in [0, 0.05) is 40.3 Å². The van der Waals surface area contributed by atoms with E-state index in [2.05, 4.69) is 9.88 Å². The minimum absolute atomic E-state index is 0. The fourth-order valence-corrected chi connectivity index (χ4v) is 5.29. The van der Waals surface area contributed by atoms with Crippen LogP contribution in [0.1, 0.15) is 41.3 Å². The largest absolute Gasteiger partial charge is 0.497 e. The second-order valence-electron chi connectivity index (χ2n) is 10.3. The highest BCUT2D eigenvalue weighted by molar-refractivity contribution is 5.96. The van der Waals surface area contributed by atoms with Crippen LogP contribution in [0.4, 0.5) is 19.3 Å². The summed E-state index contributed by atoms with van der Waals surface area (Å²) in [5.41, 5.74) is 0.776. The number of carbonyl (C=O) groups excluding carboxylic acids is 2. The van der Waals surface area contributed by atoms with Crippen molar-refractivity contribution in [3.63, 3.8) is 0 Å². The minimum atomic E-state index is -3.07. The van der Waals surface area contributed by atoms with Crippen LogP contribution in [0.3, 0.4) is 0 Å². The first-order valence-electron chi connectivity index (χ1n) is 13.1. The van der Waals surface area contributed by atoms with Gasteiger partial charge in [0.05, 0.1) is 14.2 Å². The number of hydrogen-bond donors (Lipinski definition) is 0. The van der Waals surface area contributed by atoms with Gasteiger partial charge in [-0.2, -0.15) is 13.8 Å². The van der Waals surface area contributed by atoms with Gasteiger partial charge in [-0.3, -0.25) is 14.3 Å². The number of amides is 2. The Balaban J connectivity index is 0.00000441. The Bertz CT molecular complexity index is 1150. The summed E-state index contributed by atoms with van der Waals surface area (Å²) in [7, 11) is 6.36. The minimum Gasteiger partial charge on any atom is -0.497 e. The molecule has 1 aromatic heterocycles. The third kappa shape index (κ3) is 7.15. The molecule has 4 rings (SSSR count). The SMILES string of the molecule is COc1cccc([C@@H](OC(F)F)C(=O)N2CCC(CC3CN(c4ccc(C(=O)N(C)C)c(OC)n4)C3)CC2)c1.F. The first kappa shape index (κ1) is 31.0. The molecule has 40 heavy (non-hydrogen) atoms. The molecule has 1 atom stereocenters. The van der Waals surface area contributed by atoms with Crippen LogP contribution in [-0.2, 0) is 9.53 Å². The Morgan fingerprint density at radius 3 is 2.35 bits per heavy atom. The maximum absolute atomic E-state index is 13.2. The fraction of sp³-hybridized carbons (Fsp3) is 0.536. The second kappa shape index (κ2) is 13.7. The molecule has 2 amide bonds. The monoisotopic (exact) mass is 566 g/mol. The Morgan fingerprint density at radius 2 is 1.75 bits per heavy atom. The number of likely N-dealkylation sites (tertiary alicyclic amines) is 1. The van der Waals surface area contributed by atoms with Gasteiger partial charge in [-0.1, -0.05) is 12.1 Å². The van der Waals surface area contributed by atoms with Gasteiger partial charge in [-0.25, -0.2) is 0 Å². The third-order valence-electron chi connectivity index (χ3n) is 7.41. The number of ether oxygens (including phenoxy) is 3. The average Bonchev–Trinajstić information content (AvgIpc) is 2.92. The molecule has 0 N–H and O–H groups in total. The summed E-state index contributed by atoms with van der Waals surface area (Å²) in [6.07, 6.45) is 1.28. The molecule has 0 radical (unpaired) electrons. The normalized spacial score (nSPS) is 16.7. The quantitative estimate of drug-likeness (QED) is 0.430. The fourth-order valence-electron chi connectivity index (χ4n) is 5.29. The number of benzene rings is 1. The van der Waals surface area contributed by atoms with E-state index in [1.807, 2.05) is 6.07 Å². The molecule has 0 aliphatic carbocycles. The molecule has 3 heterocycles. The Morgan fingerprint density at radius 1 is 1.05 bits per heavy atom. The molecular weight excluding hydrogens is 529 g/mol. The second-order valence-corrected chi connectivity index (χ2v) is 10.3. The topological polar surface area (TPSA) is 84.4 Å². The average molecular weight is 567 g/mol. The highest BCUT2D eigenvalue weighted by Crippen LogP contribution is 2.34. The standard InChI is InChI=1S/C28H36F2N4O5.FH/c1-32(2)26(35)22-8-9-23(31-25(22)38-4)34-16-19(17-34)14-18-10-12-33(13-11-18)27(36)24(39-28(29)30)20-6-5-7-21(15-20)37-3;/h5-9,15,18-19,24,28H,10-14,16-17H2,1-4H3;1H/t24-;/m1./s1. The highest BCUT2D eigenvalue weighted by atomic mass is 19.3. The van der Waals surface area contributed by atoms with Crippen molar-refractivity contribution < 1.29 is 37.3 Å². The van der Waals surface area contributed by atoms with Crippen molar-refractivity contribution in [2.45, 2.75) is 32.0 Å². The molecule has 12 heteroatoms. The van der Waals surface area contributed by atoms with Gasteiger partial charge in [-0.05, 0) is 60.9 Å². The Hall–Kier alpha value is -3.54. The highest BCUT2D eigenvalue weighted by Gasteiger charge is 2.35. The third-order valence-corrected chi connectivity index (χ3v) is 7.41. The van der Waals surface area contributed by atoms with Gasteiger partial charge < -0.3 is 28.9 Å². The van der Waals surface area contributed by atoms with Gasteiger partial charge >= 0.3 is 6.61 Å². The van der Waals surface area contributed by atoms with Gasteiger partial charge in [-0.15, -0.1) is 0 Å². The lowest BCUT2D eigenvalue weighted by Crippen LogP contribution is -2.49. The van der Waals surface area contributed by atoms with E-state index in [1.54, 1.807) is 49.3 Å². The van der Waals surface area contributed by atoms with Crippen molar-refractivity contribution >= 4 is 17.6 Å². The summed E-state index contributed by atoms with van der Waals surface area (Å²) >= 11 is 0. The van der Waals surface area contributed by atoms with Crippen molar-refractivity contribution in [1.82, 2.24) is 14.8 Å². The maximum atomic E-state index is 13.2. The molecule has 2 aromatic rings. The van der Waals surface area contributed by atoms with Crippen LogP contribution in [0.2, 0.25) is 0 Å². The molecular formula is C28H37F3N4O5. The number of rotatable bonds is 10. The van der Waals surface area contributed by atoms with Crippen LogP contribution in [0.25, 0.3) is 0 Å². The zero-order valence-electron chi connectivity index (χ0n) is 23.2. The predicted molar refractivity (Wildman–Crippen MR) is 144 cm³/mol. The lowest BCUT2D eigenvalue weighted by molar-refractivity contribution is -0.185. The first-order valence-corrected chi connectivity index (χ1v) is 13.1. The number of piperidine rings is 1. The number of carbonyl (C=O) groups is 2. The van der Waals surface area contributed by atoms with Gasteiger partial charge in [0.25, 0.3) is 11.8 Å². The molecule has 0 unspecified atom stereocenters. The Kier molecular flexibility index (Phi) is 10.6. The lowest BCUT2D eigenvalue weighted by atomic mass is 9.83. The number of anilines is 1. The van der Waals surface area contributed by atoms with E-state index < -0.39 is 18.6 Å². The summed E-state index contributed by atoms with van der Waals surface area (Å²) in [5, 5.41) is 0. The van der Waals surface area contributed by atoms with Crippen LogP contribution in [-0.4, -0.2) is 87.7 Å². The maximum Gasteiger partial charge on any atom is 0.346 e. The van der Waals surface area contributed by atoms with E-state index in [9.17, 15) is 18.4 Å². The zero-order valence-corrected chi connectivity index (χ0v) is 23.2. The summed E-state index contributed by atoms with van der Waals surface area (Å²) in [5.74, 6) is 1.91. The molecule has 1 aromatic carbocycles. The van der Waals surface area contributed by atoms with Crippen LogP contribution in [0.15, 0.2) is 36.4 Å². The summed E-state index contributed by atoms with van der Waals surface area (Å²) in [6, 6.07) is 10.1. The van der Waals surface area contributed by atoms with Crippen molar-refractivity contribution in [2.75, 3.05) is 59.4 Å². The first-order chi connectivity index (χ1) is 18.7. The summed E-state index contributed by atoms with van der Waals surface area (Å²) in [4.78, 5) is 35.3. The molecule has 0 saturated carbocycles. The van der Waals surface area contributed by atoms with E-state index in [1.165, 1.54) is 19.1 Å². The molecule has 220 valence electrons. The van der Waals surface area contributed by atoms with Crippen molar-refractivity contribution in [1.29, 1.82) is 0 Å². The van der Waals surface area contributed by atoms with Crippen LogP contribution in [0, 0.1) is 11.8 Å². The van der Waals surface area contributed by atoms with Gasteiger partial charge in [0.2, 0.25) is 5.88 Å². The number of halogens is 3. The van der Waals surface area contributed by atoms with Gasteiger partial charge in [0.15, 0.2) is 6.10 Å². The zero-order chi connectivity index (χ0) is 28.1. The van der Waals surface area contributed by atoms with Crippen molar-refractivity contribution in [2.24, 2.45) is 11.8 Å². The number of nitrogens with zero attached hydrogens (tertiary/aromatic N) is 4. The molecule has 2 aliphatic rings. The lowest BCUT2D eigenvalue weighted by Gasteiger charge is -2.43. The molecule has 0 bridgehead atoms. The number of methoxy groups -OCH3 is 2. The predicted octanol–water partition coefficient (Wildman–Crippen LogP) is 4.00. The van der Waals surface area contributed by atoms with E-state index in [0.717, 1.165) is 38.2 Å². The Labute approximate surface area is 232 Å². The van der Waals surface area contributed by atoms with E-state index in [0.29, 0.717) is 47.7 Å². The molecule has 2 saturated heterocycles. The number of pyridine rings is 1. The van der Waals surface area contributed by atoms with E-state index >= 15 is 0 Å². The van der Waals surface area contributed by atoms with Crippen LogP contribution in [0.5, 0.6) is 11.6 Å². The van der Waals surface area contributed by atoms with E-state index in [4.69, 9.17) is 14.2 Å². The van der Waals surface area contributed by atoms with Crippen LogP contribution >= 0.6 is 0 Å². The van der Waals surface area contributed by atoms with Crippen molar-refractivity contribution in [3.8, 4) is 11.6 Å². The molecule has 2 aliphatic heterocycles. The number of alkyl halides is 2.